The molecule has 20 heavy (non-hydrogen) atoms. The van der Waals surface area contributed by atoms with Gasteiger partial charge in [-0.2, -0.15) is 0 Å². The van der Waals surface area contributed by atoms with Crippen LogP contribution in [0.5, 0.6) is 11.5 Å². The van der Waals surface area contributed by atoms with E-state index in [0.29, 0.717) is 18.8 Å². The lowest BCUT2D eigenvalue weighted by Crippen LogP contribution is -2.21. The molecule has 0 bridgehead atoms. The van der Waals surface area contributed by atoms with Crippen molar-refractivity contribution in [1.29, 1.82) is 0 Å². The highest BCUT2D eigenvalue weighted by molar-refractivity contribution is 5.69. The van der Waals surface area contributed by atoms with Gasteiger partial charge in [0.2, 0.25) is 0 Å². The first-order valence-corrected chi connectivity index (χ1v) is 7.23. The van der Waals surface area contributed by atoms with E-state index in [9.17, 15) is 4.79 Å². The standard InChI is InChI=1S/C16H24O4/c1-3-4-5-6-7-16(18)20-13(2)12-19-15-10-8-14(17)9-11-15/h8-11,13,17H,3-7,12H2,1-2H3. The molecule has 0 fully saturated rings. The fraction of sp³-hybridized carbons (Fsp3) is 0.562. The van der Waals surface area contributed by atoms with Gasteiger partial charge in [0.15, 0.2) is 0 Å². The van der Waals surface area contributed by atoms with Crippen molar-refractivity contribution in [2.45, 2.75) is 52.1 Å². The zero-order chi connectivity index (χ0) is 14.8. The number of phenols is 1. The van der Waals surface area contributed by atoms with Crippen molar-refractivity contribution in [3.8, 4) is 11.5 Å². The van der Waals surface area contributed by atoms with E-state index in [4.69, 9.17) is 14.6 Å². The van der Waals surface area contributed by atoms with Gasteiger partial charge in [0, 0.05) is 6.42 Å². The van der Waals surface area contributed by atoms with Crippen LogP contribution in [0.3, 0.4) is 0 Å². The lowest BCUT2D eigenvalue weighted by atomic mass is 10.1. The molecule has 1 N–H and O–H groups in total. The monoisotopic (exact) mass is 280 g/mol. The second-order valence-electron chi connectivity index (χ2n) is 4.92. The molecule has 0 spiro atoms. The summed E-state index contributed by atoms with van der Waals surface area (Å²) in [4.78, 5) is 11.6. The first-order chi connectivity index (χ1) is 9.61. The molecule has 1 rings (SSSR count). The molecule has 0 aromatic heterocycles. The normalized spacial score (nSPS) is 11.9. The topological polar surface area (TPSA) is 55.8 Å². The molecular formula is C16H24O4. The molecular weight excluding hydrogens is 256 g/mol. The minimum absolute atomic E-state index is 0.164. The van der Waals surface area contributed by atoms with Gasteiger partial charge in [-0.3, -0.25) is 4.79 Å². The summed E-state index contributed by atoms with van der Waals surface area (Å²) < 4.78 is 10.7. The van der Waals surface area contributed by atoms with Crippen molar-refractivity contribution in [3.05, 3.63) is 24.3 Å². The molecule has 1 aromatic rings. The Hall–Kier alpha value is -1.71. The molecule has 0 amide bonds. The maximum Gasteiger partial charge on any atom is 0.306 e. The Morgan fingerprint density at radius 1 is 1.20 bits per heavy atom. The lowest BCUT2D eigenvalue weighted by molar-refractivity contribution is -0.149. The van der Waals surface area contributed by atoms with Gasteiger partial charge in [-0.05, 0) is 37.6 Å². The number of ether oxygens (including phenoxy) is 2. The number of benzene rings is 1. The van der Waals surface area contributed by atoms with Crippen LogP contribution in [0, 0.1) is 0 Å². The number of rotatable bonds is 9. The Labute approximate surface area is 120 Å². The number of hydrogen-bond donors (Lipinski definition) is 1. The van der Waals surface area contributed by atoms with Crippen LogP contribution in [0.1, 0.15) is 46.0 Å². The van der Waals surface area contributed by atoms with E-state index in [-0.39, 0.29) is 17.8 Å². The maximum absolute atomic E-state index is 11.6. The van der Waals surface area contributed by atoms with Crippen LogP contribution in [0.25, 0.3) is 0 Å². The van der Waals surface area contributed by atoms with Gasteiger partial charge in [-0.15, -0.1) is 0 Å². The summed E-state index contributed by atoms with van der Waals surface area (Å²) in [5.41, 5.74) is 0. The number of unbranched alkanes of at least 4 members (excludes halogenated alkanes) is 3. The predicted octanol–water partition coefficient (Wildman–Crippen LogP) is 3.67. The second-order valence-corrected chi connectivity index (χ2v) is 4.92. The van der Waals surface area contributed by atoms with Gasteiger partial charge in [0.25, 0.3) is 0 Å². The van der Waals surface area contributed by atoms with Crippen LogP contribution < -0.4 is 4.74 Å². The Morgan fingerprint density at radius 2 is 1.90 bits per heavy atom. The SMILES string of the molecule is CCCCCCC(=O)OC(C)COc1ccc(O)cc1. The number of aromatic hydroxyl groups is 1. The van der Waals surface area contributed by atoms with Gasteiger partial charge < -0.3 is 14.6 Å². The molecule has 0 saturated carbocycles. The Balaban J connectivity index is 2.17. The molecule has 0 aliphatic rings. The fourth-order valence-corrected chi connectivity index (χ4v) is 1.77. The Kier molecular flexibility index (Phi) is 7.55. The van der Waals surface area contributed by atoms with Crippen molar-refractivity contribution >= 4 is 5.97 Å². The van der Waals surface area contributed by atoms with E-state index in [1.54, 1.807) is 24.3 Å². The number of hydrogen-bond acceptors (Lipinski definition) is 4. The Bertz CT molecular complexity index is 386. The first kappa shape index (κ1) is 16.3. The van der Waals surface area contributed by atoms with Crippen molar-refractivity contribution in [2.75, 3.05) is 6.61 Å². The molecule has 0 aliphatic heterocycles. The first-order valence-electron chi connectivity index (χ1n) is 7.23. The van der Waals surface area contributed by atoms with Crippen LogP contribution in [0.15, 0.2) is 24.3 Å². The van der Waals surface area contributed by atoms with E-state index in [2.05, 4.69) is 6.92 Å². The number of phenolic OH excluding ortho intramolecular Hbond substituents is 1. The van der Waals surface area contributed by atoms with E-state index < -0.39 is 0 Å². The highest BCUT2D eigenvalue weighted by atomic mass is 16.6. The van der Waals surface area contributed by atoms with Gasteiger partial charge in [0.05, 0.1) is 0 Å². The van der Waals surface area contributed by atoms with Crippen LogP contribution in [-0.2, 0) is 9.53 Å². The third-order valence-electron chi connectivity index (χ3n) is 2.89. The van der Waals surface area contributed by atoms with Crippen LogP contribution in [0.2, 0.25) is 0 Å². The summed E-state index contributed by atoms with van der Waals surface area (Å²) in [5.74, 6) is 0.681. The number of esters is 1. The van der Waals surface area contributed by atoms with Crippen LogP contribution >= 0.6 is 0 Å². The highest BCUT2D eigenvalue weighted by Gasteiger charge is 2.10. The van der Waals surface area contributed by atoms with E-state index in [0.717, 1.165) is 25.7 Å². The zero-order valence-corrected chi connectivity index (χ0v) is 12.3. The zero-order valence-electron chi connectivity index (χ0n) is 12.3. The summed E-state index contributed by atoms with van der Waals surface area (Å²) in [7, 11) is 0. The second kappa shape index (κ2) is 9.23. The third-order valence-corrected chi connectivity index (χ3v) is 2.89. The van der Waals surface area contributed by atoms with Gasteiger partial charge in [0.1, 0.15) is 24.2 Å². The van der Waals surface area contributed by atoms with Crippen molar-refractivity contribution in [2.24, 2.45) is 0 Å². The fourth-order valence-electron chi connectivity index (χ4n) is 1.77. The summed E-state index contributed by atoms with van der Waals surface area (Å²) in [6.07, 6.45) is 4.48. The van der Waals surface area contributed by atoms with Crippen LogP contribution in [0.4, 0.5) is 0 Å². The maximum atomic E-state index is 11.6. The quantitative estimate of drug-likeness (QED) is 0.554. The third kappa shape index (κ3) is 7.02. The van der Waals surface area contributed by atoms with E-state index in [1.807, 2.05) is 6.92 Å². The molecule has 1 aromatic carbocycles. The van der Waals surface area contributed by atoms with Crippen LogP contribution in [-0.4, -0.2) is 23.8 Å². The van der Waals surface area contributed by atoms with Crippen molar-refractivity contribution in [1.82, 2.24) is 0 Å². The molecule has 0 saturated heterocycles. The minimum Gasteiger partial charge on any atom is -0.508 e. The molecule has 0 heterocycles. The Morgan fingerprint density at radius 3 is 2.55 bits per heavy atom. The van der Waals surface area contributed by atoms with Gasteiger partial charge in [-0.25, -0.2) is 0 Å². The summed E-state index contributed by atoms with van der Waals surface area (Å²) in [6.45, 7) is 4.26. The van der Waals surface area contributed by atoms with Gasteiger partial charge >= 0.3 is 5.97 Å². The lowest BCUT2D eigenvalue weighted by Gasteiger charge is -2.14. The average Bonchev–Trinajstić information content (AvgIpc) is 2.43. The summed E-state index contributed by atoms with van der Waals surface area (Å²) in [6, 6.07) is 6.46. The number of carbonyl (C=O) groups is 1. The van der Waals surface area contributed by atoms with Crippen molar-refractivity contribution < 1.29 is 19.4 Å². The minimum atomic E-state index is -0.275. The largest absolute Gasteiger partial charge is 0.508 e. The summed E-state index contributed by atoms with van der Waals surface area (Å²) in [5, 5.41) is 9.15. The summed E-state index contributed by atoms with van der Waals surface area (Å²) >= 11 is 0. The van der Waals surface area contributed by atoms with E-state index in [1.165, 1.54) is 0 Å². The predicted molar refractivity (Wildman–Crippen MR) is 77.9 cm³/mol. The smallest absolute Gasteiger partial charge is 0.306 e. The molecule has 1 atom stereocenters. The molecule has 112 valence electrons. The molecule has 4 heteroatoms. The molecule has 0 radical (unpaired) electrons. The van der Waals surface area contributed by atoms with E-state index >= 15 is 0 Å². The molecule has 0 aliphatic carbocycles. The van der Waals surface area contributed by atoms with Gasteiger partial charge in [-0.1, -0.05) is 26.2 Å². The molecule has 4 nitrogen and oxygen atoms in total. The number of carbonyl (C=O) groups excluding carboxylic acids is 1. The molecule has 1 unspecified atom stereocenters. The average molecular weight is 280 g/mol. The van der Waals surface area contributed by atoms with Crippen molar-refractivity contribution in [3.63, 3.8) is 0 Å². The highest BCUT2D eigenvalue weighted by Crippen LogP contribution is 2.16.